The van der Waals surface area contributed by atoms with Gasteiger partial charge in [0.25, 0.3) is 0 Å². The molecule has 0 heterocycles. The van der Waals surface area contributed by atoms with E-state index in [0.717, 1.165) is 11.1 Å². The molecule has 0 aliphatic carbocycles. The Morgan fingerprint density at radius 2 is 1.74 bits per heavy atom. The lowest BCUT2D eigenvalue weighted by atomic mass is 10.0. The van der Waals surface area contributed by atoms with Gasteiger partial charge in [0.2, 0.25) is 0 Å². The summed E-state index contributed by atoms with van der Waals surface area (Å²) in [5.74, 6) is 0.265. The Kier molecular flexibility index (Phi) is 7.55. The first kappa shape index (κ1) is 22.2. The van der Waals surface area contributed by atoms with Crippen LogP contribution in [0.1, 0.15) is 11.1 Å². The van der Waals surface area contributed by atoms with Crippen LogP contribution in [-0.4, -0.2) is 19.7 Å². The molecule has 31 heavy (non-hydrogen) atoms. The van der Waals surface area contributed by atoms with E-state index in [1.165, 1.54) is 13.2 Å². The van der Waals surface area contributed by atoms with Crippen LogP contribution in [0, 0.1) is 11.3 Å². The van der Waals surface area contributed by atoms with Crippen molar-refractivity contribution in [1.82, 2.24) is 0 Å². The first-order valence-electron chi connectivity index (χ1n) is 9.14. The lowest BCUT2D eigenvalue weighted by molar-refractivity contribution is -0.136. The average molecular weight is 454 g/mol. The topological polar surface area (TPSA) is 68.5 Å². The molecule has 156 valence electrons. The number of nitriles is 1. The molecule has 0 radical (unpaired) electrons. The molecule has 3 aromatic carbocycles. The number of methoxy groups -OCH3 is 1. The third-order valence-corrected chi connectivity index (χ3v) is 4.70. The van der Waals surface area contributed by atoms with Crippen molar-refractivity contribution in [3.05, 3.63) is 87.9 Å². The Balaban J connectivity index is 1.71. The molecule has 0 amide bonds. The number of hydrogen-bond acceptors (Lipinski definition) is 5. The van der Waals surface area contributed by atoms with Crippen molar-refractivity contribution < 1.29 is 19.0 Å². The number of hydrogen-bond donors (Lipinski definition) is 0. The molecule has 0 aromatic heterocycles. The Hall–Kier alpha value is -3.46. The van der Waals surface area contributed by atoms with Gasteiger partial charge in [-0.05, 0) is 47.5 Å². The van der Waals surface area contributed by atoms with Gasteiger partial charge in [-0.15, -0.1) is 0 Å². The van der Waals surface area contributed by atoms with Crippen LogP contribution in [0.3, 0.4) is 0 Å². The quantitative estimate of drug-likeness (QED) is 0.188. The number of benzene rings is 3. The zero-order valence-corrected chi connectivity index (χ0v) is 18.0. The lowest BCUT2D eigenvalue weighted by Crippen LogP contribution is -2.18. The van der Waals surface area contributed by atoms with Crippen molar-refractivity contribution in [3.63, 3.8) is 0 Å². The van der Waals surface area contributed by atoms with E-state index in [-0.39, 0.29) is 12.4 Å². The van der Waals surface area contributed by atoms with E-state index >= 15 is 0 Å². The second kappa shape index (κ2) is 10.5. The number of esters is 1. The van der Waals surface area contributed by atoms with E-state index in [4.69, 9.17) is 37.4 Å². The van der Waals surface area contributed by atoms with Gasteiger partial charge in [0.15, 0.2) is 18.1 Å². The molecule has 0 bridgehead atoms. The molecule has 7 heteroatoms. The highest BCUT2D eigenvalue weighted by Crippen LogP contribution is 2.31. The molecule has 0 atom stereocenters. The molecule has 0 spiro atoms. The minimum absolute atomic E-state index is 0.230. The summed E-state index contributed by atoms with van der Waals surface area (Å²) in [7, 11) is 1.46. The third-order valence-electron chi connectivity index (χ3n) is 4.17. The minimum atomic E-state index is -0.630. The minimum Gasteiger partial charge on any atom is -0.493 e. The van der Waals surface area contributed by atoms with E-state index in [1.54, 1.807) is 36.4 Å². The predicted octanol–water partition coefficient (Wildman–Crippen LogP) is 6.05. The van der Waals surface area contributed by atoms with E-state index < -0.39 is 5.97 Å². The molecular formula is C24H17Cl2NO4. The summed E-state index contributed by atoms with van der Waals surface area (Å²) >= 11 is 11.9. The van der Waals surface area contributed by atoms with Crippen LogP contribution < -0.4 is 14.2 Å². The fraction of sp³-hybridized carbons (Fsp3) is 0.0833. The summed E-state index contributed by atoms with van der Waals surface area (Å²) in [6.45, 7) is -0.348. The lowest BCUT2D eigenvalue weighted by Gasteiger charge is -2.11. The van der Waals surface area contributed by atoms with Gasteiger partial charge in [-0.3, -0.25) is 0 Å². The van der Waals surface area contributed by atoms with Gasteiger partial charge in [0.05, 0.1) is 23.8 Å². The van der Waals surface area contributed by atoms with Gasteiger partial charge < -0.3 is 14.2 Å². The van der Waals surface area contributed by atoms with Crippen molar-refractivity contribution >= 4 is 40.8 Å². The first-order valence-corrected chi connectivity index (χ1v) is 9.89. The molecule has 0 aliphatic heterocycles. The standard InChI is InChI=1S/C24H17Cl2NO4/c1-29-23-12-16(11-18(14-27)17-5-3-2-4-6-17)7-9-22(23)31-24(28)15-30-21-10-8-19(25)13-20(21)26/h2-13H,15H2,1H3/b18-11+. The summed E-state index contributed by atoms with van der Waals surface area (Å²) in [5, 5.41) is 10.2. The van der Waals surface area contributed by atoms with Crippen LogP contribution in [0.4, 0.5) is 0 Å². The monoisotopic (exact) mass is 453 g/mol. The highest BCUT2D eigenvalue weighted by molar-refractivity contribution is 6.35. The van der Waals surface area contributed by atoms with Crippen LogP contribution in [0.25, 0.3) is 11.6 Å². The number of rotatable bonds is 7. The summed E-state index contributed by atoms with van der Waals surface area (Å²) in [4.78, 5) is 12.2. The molecule has 0 aliphatic rings. The van der Waals surface area contributed by atoms with Crippen LogP contribution in [-0.2, 0) is 4.79 Å². The number of allylic oxidation sites excluding steroid dienone is 1. The van der Waals surface area contributed by atoms with Crippen molar-refractivity contribution in [2.45, 2.75) is 0 Å². The fourth-order valence-electron chi connectivity index (χ4n) is 2.70. The van der Waals surface area contributed by atoms with Gasteiger partial charge in [0.1, 0.15) is 5.75 Å². The molecular weight excluding hydrogens is 437 g/mol. The van der Waals surface area contributed by atoms with E-state index in [2.05, 4.69) is 6.07 Å². The average Bonchev–Trinajstić information content (AvgIpc) is 2.78. The highest BCUT2D eigenvalue weighted by Gasteiger charge is 2.13. The van der Waals surface area contributed by atoms with E-state index in [9.17, 15) is 10.1 Å². The van der Waals surface area contributed by atoms with Crippen molar-refractivity contribution in [1.29, 1.82) is 5.26 Å². The fourth-order valence-corrected chi connectivity index (χ4v) is 3.17. The number of nitrogens with zero attached hydrogens (tertiary/aromatic N) is 1. The summed E-state index contributed by atoms with van der Waals surface area (Å²) in [6.07, 6.45) is 1.73. The number of carbonyl (C=O) groups excluding carboxylic acids is 1. The number of carbonyl (C=O) groups is 1. The van der Waals surface area contributed by atoms with Gasteiger partial charge in [-0.2, -0.15) is 5.26 Å². The zero-order valence-electron chi connectivity index (χ0n) is 16.5. The molecule has 0 unspecified atom stereocenters. The molecule has 0 saturated heterocycles. The SMILES string of the molecule is COc1cc(/C=C(\C#N)c2ccccc2)ccc1OC(=O)COc1ccc(Cl)cc1Cl. The van der Waals surface area contributed by atoms with Gasteiger partial charge in [-0.25, -0.2) is 4.79 Å². The first-order chi connectivity index (χ1) is 15.0. The van der Waals surface area contributed by atoms with Crippen molar-refractivity contribution in [3.8, 4) is 23.3 Å². The summed E-state index contributed by atoms with van der Waals surface area (Å²) in [6, 6.07) is 21.2. The van der Waals surface area contributed by atoms with Crippen molar-refractivity contribution in [2.24, 2.45) is 0 Å². The second-order valence-corrected chi connectivity index (χ2v) is 7.13. The Morgan fingerprint density at radius 1 is 1.00 bits per heavy atom. The highest BCUT2D eigenvalue weighted by atomic mass is 35.5. The summed E-state index contributed by atoms with van der Waals surface area (Å²) in [5.41, 5.74) is 2.03. The Morgan fingerprint density at radius 3 is 2.42 bits per heavy atom. The van der Waals surface area contributed by atoms with Crippen LogP contribution in [0.2, 0.25) is 10.0 Å². The molecule has 5 nitrogen and oxygen atoms in total. The van der Waals surface area contributed by atoms with Gasteiger partial charge >= 0.3 is 5.97 Å². The summed E-state index contributed by atoms with van der Waals surface area (Å²) < 4.78 is 16.1. The van der Waals surface area contributed by atoms with Crippen LogP contribution >= 0.6 is 23.2 Å². The molecule has 0 N–H and O–H groups in total. The molecule has 3 rings (SSSR count). The van der Waals surface area contributed by atoms with E-state index in [0.29, 0.717) is 27.1 Å². The van der Waals surface area contributed by atoms with Gasteiger partial charge in [0, 0.05) is 5.02 Å². The maximum absolute atomic E-state index is 12.2. The second-order valence-electron chi connectivity index (χ2n) is 6.28. The Labute approximate surface area is 190 Å². The van der Waals surface area contributed by atoms with Crippen LogP contribution in [0.15, 0.2) is 66.7 Å². The smallest absolute Gasteiger partial charge is 0.349 e. The molecule has 0 fully saturated rings. The third kappa shape index (κ3) is 6.02. The molecule has 3 aromatic rings. The van der Waals surface area contributed by atoms with Crippen molar-refractivity contribution in [2.75, 3.05) is 13.7 Å². The maximum Gasteiger partial charge on any atom is 0.349 e. The van der Waals surface area contributed by atoms with Crippen LogP contribution in [0.5, 0.6) is 17.2 Å². The van der Waals surface area contributed by atoms with E-state index in [1.807, 2.05) is 30.3 Å². The largest absolute Gasteiger partial charge is 0.493 e. The number of halogens is 2. The Bertz CT molecular complexity index is 1150. The molecule has 0 saturated carbocycles. The predicted molar refractivity (Wildman–Crippen MR) is 121 cm³/mol. The zero-order chi connectivity index (χ0) is 22.2. The number of ether oxygens (including phenoxy) is 3. The normalized spacial score (nSPS) is 10.8. The maximum atomic E-state index is 12.2. The van der Waals surface area contributed by atoms with Gasteiger partial charge in [-0.1, -0.05) is 59.6 Å².